The number of hydrogen-bond donors (Lipinski definition) is 2. The van der Waals surface area contributed by atoms with Crippen LogP contribution in [-0.2, 0) is 0 Å². The molecular weight excluding hydrogens is 498 g/mol. The quantitative estimate of drug-likeness (QED) is 0.225. The van der Waals surface area contributed by atoms with Crippen molar-refractivity contribution in [2.45, 2.75) is 41.5 Å². The normalized spacial score (nSPS) is 10.4. The van der Waals surface area contributed by atoms with Crippen LogP contribution in [0.1, 0.15) is 46.0 Å². The van der Waals surface area contributed by atoms with Crippen LogP contribution in [0.4, 0.5) is 0 Å². The van der Waals surface area contributed by atoms with Gasteiger partial charge in [-0.05, 0) is 47.7 Å². The topological polar surface area (TPSA) is 80.7 Å². The monoisotopic (exact) mass is 530 g/mol. The largest absolute Gasteiger partial charge is 0.476 e. The van der Waals surface area contributed by atoms with E-state index in [1.807, 2.05) is 45.1 Å². The minimum atomic E-state index is 0.508. The van der Waals surface area contributed by atoms with E-state index < -0.39 is 0 Å². The Kier molecular flexibility index (Phi) is 12.0. The second-order valence-corrected chi connectivity index (χ2v) is 7.43. The van der Waals surface area contributed by atoms with E-state index in [9.17, 15) is 0 Å². The number of hydrogen-bond acceptors (Lipinski definition) is 5. The molecule has 0 aliphatic rings. The molecule has 0 radical (unpaired) electrons. The van der Waals surface area contributed by atoms with Crippen LogP contribution >= 0.6 is 28.4 Å². The van der Waals surface area contributed by atoms with Crippen molar-refractivity contribution in [3.8, 4) is 17.1 Å². The molecule has 1 atom stereocenters. The molecule has 0 spiro atoms. The Morgan fingerprint density at radius 2 is 2.07 bits per heavy atom. The third-order valence-electron chi connectivity index (χ3n) is 3.79. The Hall–Kier alpha value is -1.51. The van der Waals surface area contributed by atoms with Crippen LogP contribution < -0.4 is 10.1 Å². The van der Waals surface area contributed by atoms with E-state index in [4.69, 9.17) is 9.72 Å². The lowest BCUT2D eigenvalue weighted by molar-refractivity contribution is 0.304. The van der Waals surface area contributed by atoms with Crippen molar-refractivity contribution in [1.29, 1.82) is 0 Å². The molecule has 0 aromatic carbocycles. The van der Waals surface area contributed by atoms with Crippen molar-refractivity contribution < 1.29 is 4.74 Å². The molecule has 2 N–H and O–H groups in total. The summed E-state index contributed by atoms with van der Waals surface area (Å²) in [6, 6.07) is 2.03. The van der Waals surface area contributed by atoms with Crippen LogP contribution in [0, 0.1) is 6.92 Å². The molecule has 0 saturated carbocycles. The highest BCUT2D eigenvalue weighted by Gasteiger charge is 2.17. The minimum Gasteiger partial charge on any atom is -0.476 e. The highest BCUT2D eigenvalue weighted by atomic mass is 127. The summed E-state index contributed by atoms with van der Waals surface area (Å²) in [5.74, 6) is 0.632. The van der Waals surface area contributed by atoms with Crippen LogP contribution in [0.3, 0.4) is 0 Å². The second-order valence-electron chi connectivity index (χ2n) is 5.39. The number of likely N-dealkylation sites (N-methyl/N-ethyl adjacent to an activating group) is 1. The third-order valence-corrected chi connectivity index (χ3v) is 5.65. The van der Waals surface area contributed by atoms with Crippen molar-refractivity contribution in [2.24, 2.45) is 0 Å². The Bertz CT molecular complexity index is 893. The van der Waals surface area contributed by atoms with E-state index in [0.29, 0.717) is 18.9 Å². The van der Waals surface area contributed by atoms with Gasteiger partial charge < -0.3 is 10.1 Å². The Morgan fingerprint density at radius 1 is 1.34 bits per heavy atom. The second kappa shape index (κ2) is 13.7. The molecular formula is C20H32IN6OP. The zero-order valence-corrected chi connectivity index (χ0v) is 21.3. The summed E-state index contributed by atoms with van der Waals surface area (Å²) in [7, 11) is 0. The van der Waals surface area contributed by atoms with Gasteiger partial charge in [-0.3, -0.25) is 4.98 Å². The molecule has 0 bridgehead atoms. The van der Waals surface area contributed by atoms with Gasteiger partial charge in [-0.25, -0.2) is 9.55 Å². The summed E-state index contributed by atoms with van der Waals surface area (Å²) in [5, 5.41) is 15.9. The van der Waals surface area contributed by atoms with E-state index in [0.717, 1.165) is 46.6 Å². The fourth-order valence-corrected chi connectivity index (χ4v) is 4.22. The average Bonchev–Trinajstić information content (AvgIpc) is 3.38. The number of pyridine rings is 1. The fourth-order valence-electron chi connectivity index (χ4n) is 2.66. The number of H-pyrrole nitrogens is 1. The van der Waals surface area contributed by atoms with E-state index >= 15 is 0 Å². The molecule has 1 unspecified atom stereocenters. The van der Waals surface area contributed by atoms with Crippen LogP contribution in [-0.4, -0.2) is 44.4 Å². The summed E-state index contributed by atoms with van der Waals surface area (Å²) >= 11 is 2.32. The van der Waals surface area contributed by atoms with Crippen LogP contribution in [0.15, 0.2) is 18.8 Å². The molecule has 29 heavy (non-hydrogen) atoms. The molecule has 0 amide bonds. The first kappa shape index (κ1) is 25.5. The lowest BCUT2D eigenvalue weighted by atomic mass is 10.1. The standard InChI is InChI=1S/C16H20IN6OP.2C2H6/c1-4-13-11-8-14(20-10(3)15(11)23(22-13)25-17)12-9-19-21-16(12)24-7-6-18-5-2;2*1-2/h4,8-9,18,25H,1,5-7H2,2-3H3,(H,19,21);2*1-2H3. The first-order chi connectivity index (χ1) is 14.2. The molecule has 0 aliphatic carbocycles. The van der Waals surface area contributed by atoms with Crippen molar-refractivity contribution in [3.05, 3.63) is 30.2 Å². The molecule has 3 rings (SSSR count). The number of nitrogens with one attached hydrogen (secondary N) is 2. The Labute approximate surface area is 188 Å². The molecule has 160 valence electrons. The zero-order chi connectivity index (χ0) is 21.8. The summed E-state index contributed by atoms with van der Waals surface area (Å²) < 4.78 is 7.78. The van der Waals surface area contributed by atoms with Gasteiger partial charge in [-0.15, -0.1) is 0 Å². The van der Waals surface area contributed by atoms with Gasteiger partial charge >= 0.3 is 0 Å². The van der Waals surface area contributed by atoms with Crippen LogP contribution in [0.5, 0.6) is 5.88 Å². The summed E-state index contributed by atoms with van der Waals surface area (Å²) in [6.45, 7) is 18.2. The average molecular weight is 530 g/mol. The van der Waals surface area contributed by atoms with Gasteiger partial charge in [-0.1, -0.05) is 41.2 Å². The first-order valence-electron chi connectivity index (χ1n) is 9.96. The van der Waals surface area contributed by atoms with E-state index in [2.05, 4.69) is 56.2 Å². The maximum Gasteiger partial charge on any atom is 0.218 e. The highest BCUT2D eigenvalue weighted by Crippen LogP contribution is 2.35. The third kappa shape index (κ3) is 6.23. The summed E-state index contributed by atoms with van der Waals surface area (Å²) in [5.41, 5.74) is 4.50. The summed E-state index contributed by atoms with van der Waals surface area (Å²) in [4.78, 5) is 4.76. The molecule has 7 nitrogen and oxygen atoms in total. The van der Waals surface area contributed by atoms with Gasteiger partial charge in [0.25, 0.3) is 0 Å². The fraction of sp³-hybridized carbons (Fsp3) is 0.450. The number of aromatic amines is 1. The molecule has 0 fully saturated rings. The highest BCUT2D eigenvalue weighted by molar-refractivity contribution is 14.2. The molecule has 0 saturated heterocycles. The van der Waals surface area contributed by atoms with Gasteiger partial charge in [0.15, 0.2) is 0 Å². The smallest absolute Gasteiger partial charge is 0.218 e. The number of nitrogens with zero attached hydrogens (tertiary/aromatic N) is 4. The SMILES string of the molecule is C=Cc1nn(PI)c2c(C)nc(-c3cn[nH]c3OCCNCC)cc12.CC.CC. The van der Waals surface area contributed by atoms with Gasteiger partial charge in [-0.2, -0.15) is 10.2 Å². The van der Waals surface area contributed by atoms with E-state index in [1.165, 1.54) is 0 Å². The Balaban J connectivity index is 0.000000989. The number of fused-ring (bicyclic) bond motifs is 1. The number of aromatic nitrogens is 5. The van der Waals surface area contributed by atoms with Crippen LogP contribution in [0.2, 0.25) is 0 Å². The van der Waals surface area contributed by atoms with Gasteiger partial charge in [0.05, 0.1) is 40.7 Å². The van der Waals surface area contributed by atoms with Crippen LogP contribution in [0.25, 0.3) is 28.2 Å². The minimum absolute atomic E-state index is 0.508. The lowest BCUT2D eigenvalue weighted by Gasteiger charge is -2.08. The zero-order valence-electron chi connectivity index (χ0n) is 18.1. The van der Waals surface area contributed by atoms with Gasteiger partial charge in [0.1, 0.15) is 6.61 Å². The molecule has 3 aromatic rings. The predicted octanol–water partition coefficient (Wildman–Crippen LogP) is 5.61. The predicted molar refractivity (Wildman–Crippen MR) is 134 cm³/mol. The van der Waals surface area contributed by atoms with Gasteiger partial charge in [0.2, 0.25) is 5.88 Å². The van der Waals surface area contributed by atoms with E-state index in [-0.39, 0.29) is 0 Å². The molecule has 9 heteroatoms. The number of aryl methyl sites for hydroxylation is 1. The van der Waals surface area contributed by atoms with Crippen molar-refractivity contribution in [1.82, 2.24) is 30.0 Å². The van der Waals surface area contributed by atoms with Crippen molar-refractivity contribution >= 4 is 45.4 Å². The maximum absolute atomic E-state index is 5.81. The summed E-state index contributed by atoms with van der Waals surface area (Å²) in [6.07, 6.45) is 4.03. The maximum atomic E-state index is 5.81. The number of rotatable bonds is 8. The molecule has 3 aromatic heterocycles. The van der Waals surface area contributed by atoms with E-state index in [1.54, 1.807) is 12.3 Å². The molecule has 3 heterocycles. The number of ether oxygens (including phenoxy) is 1. The van der Waals surface area contributed by atoms with Gasteiger partial charge in [0, 0.05) is 11.9 Å². The van der Waals surface area contributed by atoms with Crippen molar-refractivity contribution in [2.75, 3.05) is 19.7 Å². The number of halogens is 1. The Morgan fingerprint density at radius 3 is 2.69 bits per heavy atom. The molecule has 0 aliphatic heterocycles. The lowest BCUT2D eigenvalue weighted by Crippen LogP contribution is -2.20. The first-order valence-corrected chi connectivity index (χ1v) is 14.0. The van der Waals surface area contributed by atoms with Crippen molar-refractivity contribution in [3.63, 3.8) is 0 Å².